The van der Waals surface area contributed by atoms with E-state index in [1.54, 1.807) is 7.11 Å². The van der Waals surface area contributed by atoms with Crippen LogP contribution in [0.4, 0.5) is 0 Å². The lowest BCUT2D eigenvalue weighted by atomic mass is 10.1. The van der Waals surface area contributed by atoms with Crippen LogP contribution < -0.4 is 4.74 Å². The van der Waals surface area contributed by atoms with Crippen LogP contribution in [-0.4, -0.2) is 16.5 Å². The third-order valence-electron chi connectivity index (χ3n) is 3.92. The average molecular weight is 315 g/mol. The maximum absolute atomic E-state index is 6.46. The lowest BCUT2D eigenvalue weighted by Gasteiger charge is -2.11. The number of hydrogen-bond donors (Lipinski definition) is 0. The van der Waals surface area contributed by atoms with Crippen LogP contribution in [0, 0.1) is 13.8 Å². The SMILES string of the molecule is COc1ccc(-c2nc3cccc(C)n3c2C(C)Cl)cc1C. The fourth-order valence-electron chi connectivity index (χ4n) is 2.89. The van der Waals surface area contributed by atoms with Crippen LogP contribution in [0.5, 0.6) is 5.75 Å². The van der Waals surface area contributed by atoms with Crippen LogP contribution >= 0.6 is 11.6 Å². The van der Waals surface area contributed by atoms with Crippen LogP contribution in [0.15, 0.2) is 36.4 Å². The zero-order valence-corrected chi connectivity index (χ0v) is 14.0. The molecule has 0 saturated heterocycles. The highest BCUT2D eigenvalue weighted by molar-refractivity contribution is 6.20. The van der Waals surface area contributed by atoms with E-state index >= 15 is 0 Å². The normalized spacial score (nSPS) is 12.6. The predicted molar refractivity (Wildman–Crippen MR) is 90.9 cm³/mol. The second-order valence-electron chi connectivity index (χ2n) is 5.51. The Balaban J connectivity index is 2.29. The van der Waals surface area contributed by atoms with Crippen molar-refractivity contribution in [1.82, 2.24) is 9.38 Å². The van der Waals surface area contributed by atoms with Crippen LogP contribution in [0.2, 0.25) is 0 Å². The minimum atomic E-state index is -0.131. The summed E-state index contributed by atoms with van der Waals surface area (Å²) in [5, 5.41) is -0.131. The number of aromatic nitrogens is 2. The van der Waals surface area contributed by atoms with Gasteiger partial charge in [0.2, 0.25) is 0 Å². The summed E-state index contributed by atoms with van der Waals surface area (Å²) in [5.41, 5.74) is 6.16. The number of fused-ring (bicyclic) bond motifs is 1. The van der Waals surface area contributed by atoms with Crippen molar-refractivity contribution in [2.24, 2.45) is 0 Å². The van der Waals surface area contributed by atoms with Crippen LogP contribution in [0.25, 0.3) is 16.9 Å². The number of nitrogens with zero attached hydrogens (tertiary/aromatic N) is 2. The highest BCUT2D eigenvalue weighted by Gasteiger charge is 2.19. The number of pyridine rings is 1. The third kappa shape index (κ3) is 2.35. The Kier molecular flexibility index (Phi) is 3.83. The fraction of sp³-hybridized carbons (Fsp3) is 0.278. The van der Waals surface area contributed by atoms with Gasteiger partial charge in [0.25, 0.3) is 0 Å². The molecular formula is C18H19ClN2O. The van der Waals surface area contributed by atoms with Crippen LogP contribution in [-0.2, 0) is 0 Å². The Morgan fingerprint density at radius 2 is 1.95 bits per heavy atom. The molecule has 0 bridgehead atoms. The molecule has 3 aromatic rings. The first kappa shape index (κ1) is 14.9. The summed E-state index contributed by atoms with van der Waals surface area (Å²) in [7, 11) is 1.68. The maximum Gasteiger partial charge on any atom is 0.137 e. The number of halogens is 1. The lowest BCUT2D eigenvalue weighted by molar-refractivity contribution is 0.412. The molecule has 22 heavy (non-hydrogen) atoms. The molecule has 1 unspecified atom stereocenters. The molecular weight excluding hydrogens is 296 g/mol. The Labute approximate surface area is 135 Å². The molecule has 0 N–H and O–H groups in total. The molecule has 4 heteroatoms. The van der Waals surface area contributed by atoms with Gasteiger partial charge in [0.15, 0.2) is 0 Å². The molecule has 3 rings (SSSR count). The van der Waals surface area contributed by atoms with E-state index < -0.39 is 0 Å². The fourth-order valence-corrected chi connectivity index (χ4v) is 3.09. The number of methoxy groups -OCH3 is 1. The lowest BCUT2D eigenvalue weighted by Crippen LogP contribution is -1.99. The van der Waals surface area contributed by atoms with Gasteiger partial charge in [-0.2, -0.15) is 0 Å². The molecule has 0 radical (unpaired) electrons. The monoisotopic (exact) mass is 314 g/mol. The zero-order valence-electron chi connectivity index (χ0n) is 13.2. The average Bonchev–Trinajstić information content (AvgIpc) is 2.88. The minimum Gasteiger partial charge on any atom is -0.496 e. The van der Waals surface area contributed by atoms with Gasteiger partial charge < -0.3 is 4.74 Å². The summed E-state index contributed by atoms with van der Waals surface area (Å²) in [6.45, 7) is 6.09. The summed E-state index contributed by atoms with van der Waals surface area (Å²) >= 11 is 6.46. The third-order valence-corrected chi connectivity index (χ3v) is 4.13. The first-order valence-corrected chi connectivity index (χ1v) is 7.73. The van der Waals surface area contributed by atoms with Gasteiger partial charge in [0, 0.05) is 11.3 Å². The molecule has 0 aliphatic heterocycles. The van der Waals surface area contributed by atoms with E-state index in [0.29, 0.717) is 0 Å². The van der Waals surface area contributed by atoms with Gasteiger partial charge in [-0.25, -0.2) is 4.98 Å². The summed E-state index contributed by atoms with van der Waals surface area (Å²) in [6, 6.07) is 12.2. The summed E-state index contributed by atoms with van der Waals surface area (Å²) < 4.78 is 7.47. The second-order valence-corrected chi connectivity index (χ2v) is 6.16. The van der Waals surface area contributed by atoms with E-state index in [1.165, 1.54) is 0 Å². The molecule has 0 spiro atoms. The number of rotatable bonds is 3. The van der Waals surface area contributed by atoms with Crippen molar-refractivity contribution in [3.8, 4) is 17.0 Å². The van der Waals surface area contributed by atoms with Crippen molar-refractivity contribution in [3.05, 3.63) is 53.3 Å². The molecule has 0 aliphatic carbocycles. The standard InChI is InChI=1S/C18H19ClN2O/c1-11-10-14(8-9-15(11)22-4)17-18(13(3)19)21-12(2)6-5-7-16(21)20-17/h5-10,13H,1-4H3. The van der Waals surface area contributed by atoms with E-state index in [-0.39, 0.29) is 5.38 Å². The molecule has 114 valence electrons. The smallest absolute Gasteiger partial charge is 0.137 e. The van der Waals surface area contributed by atoms with E-state index in [2.05, 4.69) is 23.5 Å². The van der Waals surface area contributed by atoms with E-state index in [1.807, 2.05) is 38.1 Å². The van der Waals surface area contributed by atoms with Gasteiger partial charge in [-0.1, -0.05) is 6.07 Å². The van der Waals surface area contributed by atoms with Gasteiger partial charge in [-0.3, -0.25) is 4.40 Å². The number of aryl methyl sites for hydroxylation is 2. The quantitative estimate of drug-likeness (QED) is 0.641. The van der Waals surface area contributed by atoms with Crippen molar-refractivity contribution in [2.75, 3.05) is 7.11 Å². The molecule has 3 nitrogen and oxygen atoms in total. The van der Waals surface area contributed by atoms with Crippen LogP contribution in [0.1, 0.15) is 29.3 Å². The van der Waals surface area contributed by atoms with Gasteiger partial charge in [0.05, 0.1) is 23.9 Å². The topological polar surface area (TPSA) is 26.5 Å². The highest BCUT2D eigenvalue weighted by atomic mass is 35.5. The maximum atomic E-state index is 6.46. The van der Waals surface area contributed by atoms with Crippen molar-refractivity contribution in [1.29, 1.82) is 0 Å². The molecule has 0 saturated carbocycles. The first-order chi connectivity index (χ1) is 10.5. The van der Waals surface area contributed by atoms with Crippen LogP contribution in [0.3, 0.4) is 0 Å². The Bertz CT molecular complexity index is 836. The largest absolute Gasteiger partial charge is 0.496 e. The second kappa shape index (κ2) is 5.65. The Morgan fingerprint density at radius 3 is 2.59 bits per heavy atom. The molecule has 1 aromatic carbocycles. The van der Waals surface area contributed by atoms with E-state index in [0.717, 1.165) is 39.6 Å². The summed E-state index contributed by atoms with van der Waals surface area (Å²) in [4.78, 5) is 4.80. The van der Waals surface area contributed by atoms with Crippen molar-refractivity contribution in [2.45, 2.75) is 26.1 Å². The van der Waals surface area contributed by atoms with Gasteiger partial charge in [-0.05, 0) is 56.7 Å². The van der Waals surface area contributed by atoms with Crippen molar-refractivity contribution >= 4 is 17.2 Å². The zero-order chi connectivity index (χ0) is 15.9. The molecule has 2 aromatic heterocycles. The minimum absolute atomic E-state index is 0.131. The highest BCUT2D eigenvalue weighted by Crippen LogP contribution is 2.34. The Morgan fingerprint density at radius 1 is 1.18 bits per heavy atom. The number of ether oxygens (including phenoxy) is 1. The van der Waals surface area contributed by atoms with Crippen molar-refractivity contribution < 1.29 is 4.74 Å². The van der Waals surface area contributed by atoms with Crippen molar-refractivity contribution in [3.63, 3.8) is 0 Å². The first-order valence-electron chi connectivity index (χ1n) is 7.30. The predicted octanol–water partition coefficient (Wildman–Crippen LogP) is 4.93. The number of imidazole rings is 1. The molecule has 1 atom stereocenters. The molecule has 0 amide bonds. The number of benzene rings is 1. The summed E-state index contributed by atoms with van der Waals surface area (Å²) in [5.74, 6) is 0.879. The van der Waals surface area contributed by atoms with Gasteiger partial charge in [-0.15, -0.1) is 11.6 Å². The van der Waals surface area contributed by atoms with Gasteiger partial charge >= 0.3 is 0 Å². The molecule has 2 heterocycles. The molecule has 0 aliphatic rings. The molecule has 0 fully saturated rings. The van der Waals surface area contributed by atoms with Gasteiger partial charge in [0.1, 0.15) is 11.4 Å². The van der Waals surface area contributed by atoms with E-state index in [9.17, 15) is 0 Å². The summed E-state index contributed by atoms with van der Waals surface area (Å²) in [6.07, 6.45) is 0. The number of alkyl halides is 1. The number of hydrogen-bond acceptors (Lipinski definition) is 2. The Hall–Kier alpha value is -2.00. The van der Waals surface area contributed by atoms with E-state index in [4.69, 9.17) is 21.3 Å².